The number of nitrogens with two attached hydrogens (primary N) is 1. The van der Waals surface area contributed by atoms with Gasteiger partial charge in [0.2, 0.25) is 0 Å². The van der Waals surface area contributed by atoms with Gasteiger partial charge >= 0.3 is 0 Å². The molecule has 0 radical (unpaired) electrons. The van der Waals surface area contributed by atoms with Gasteiger partial charge in [0.1, 0.15) is 0 Å². The van der Waals surface area contributed by atoms with Gasteiger partial charge in [-0.05, 0) is 43.0 Å². The molecule has 0 fully saturated rings. The molecule has 0 aliphatic heterocycles. The van der Waals surface area contributed by atoms with Crippen molar-refractivity contribution >= 4 is 23.1 Å². The second-order valence-corrected chi connectivity index (χ2v) is 6.02. The molecule has 0 spiro atoms. The maximum atomic E-state index is 5.67. The minimum absolute atomic E-state index is 0.0876. The van der Waals surface area contributed by atoms with Crippen LogP contribution in [0.4, 0.5) is 0 Å². The van der Waals surface area contributed by atoms with Crippen LogP contribution in [0, 0.1) is 6.92 Å². The minimum Gasteiger partial charge on any atom is -0.271 e. The number of nitrogens with one attached hydrogen (secondary N) is 1. The van der Waals surface area contributed by atoms with E-state index >= 15 is 0 Å². The molecule has 4 heteroatoms. The maximum Gasteiger partial charge on any atom is 0.0802 e. The van der Waals surface area contributed by atoms with E-state index in [1.807, 2.05) is 0 Å². The van der Waals surface area contributed by atoms with Gasteiger partial charge in [-0.15, -0.1) is 23.1 Å². The number of hydrogen-bond acceptors (Lipinski definition) is 4. The summed E-state index contributed by atoms with van der Waals surface area (Å²) in [5, 5.41) is 0. The van der Waals surface area contributed by atoms with Crippen LogP contribution in [0.2, 0.25) is 0 Å². The fourth-order valence-electron chi connectivity index (χ4n) is 1.75. The molecule has 1 unspecified atom stereocenters. The third-order valence-corrected chi connectivity index (χ3v) is 4.47. The van der Waals surface area contributed by atoms with Crippen LogP contribution in [0.5, 0.6) is 0 Å². The summed E-state index contributed by atoms with van der Waals surface area (Å²) in [4.78, 5) is 3.83. The van der Waals surface area contributed by atoms with Gasteiger partial charge < -0.3 is 0 Å². The highest BCUT2D eigenvalue weighted by atomic mass is 32.2. The summed E-state index contributed by atoms with van der Waals surface area (Å²) in [7, 11) is 0. The van der Waals surface area contributed by atoms with Crippen LogP contribution in [-0.2, 0) is 0 Å². The molecule has 2 rings (SSSR count). The lowest BCUT2D eigenvalue weighted by atomic mass is 10.1. The normalized spacial score (nSPS) is 12.6. The quantitative estimate of drug-likeness (QED) is 0.505. The van der Waals surface area contributed by atoms with E-state index in [2.05, 4.69) is 55.0 Å². The predicted molar refractivity (Wildman–Crippen MR) is 76.4 cm³/mol. The lowest BCUT2D eigenvalue weighted by molar-refractivity contribution is 0.646. The third-order valence-electron chi connectivity index (χ3n) is 2.66. The molecule has 1 heterocycles. The largest absolute Gasteiger partial charge is 0.271 e. The summed E-state index contributed by atoms with van der Waals surface area (Å²) in [6.07, 6.45) is 2.08. The zero-order valence-corrected chi connectivity index (χ0v) is 11.6. The smallest absolute Gasteiger partial charge is 0.0802 e. The van der Waals surface area contributed by atoms with E-state index in [1.165, 1.54) is 20.2 Å². The van der Waals surface area contributed by atoms with Gasteiger partial charge in [-0.3, -0.25) is 5.84 Å². The number of thiophene rings is 1. The highest BCUT2D eigenvalue weighted by Crippen LogP contribution is 2.28. The first-order chi connectivity index (χ1) is 8.24. The molecule has 0 saturated carbocycles. The molecule has 0 bridgehead atoms. The number of hydrogen-bond donors (Lipinski definition) is 2. The standard InChI is InChI=1S/C13H16N2S2/c1-9-3-8-12(17-9)13(15-14)10-4-6-11(16-2)7-5-10/h3-8,13,15H,14H2,1-2H3. The van der Waals surface area contributed by atoms with Crippen LogP contribution in [-0.4, -0.2) is 6.26 Å². The molecule has 1 aromatic heterocycles. The molecule has 3 N–H and O–H groups in total. The molecule has 17 heavy (non-hydrogen) atoms. The average molecular weight is 264 g/mol. The summed E-state index contributed by atoms with van der Waals surface area (Å²) < 4.78 is 0. The summed E-state index contributed by atoms with van der Waals surface area (Å²) >= 11 is 3.53. The Kier molecular flexibility index (Phi) is 4.23. The van der Waals surface area contributed by atoms with Crippen molar-refractivity contribution in [1.82, 2.24) is 5.43 Å². The SMILES string of the molecule is CSc1ccc(C(NN)c2ccc(C)s2)cc1. The molecule has 0 aliphatic rings. The van der Waals surface area contributed by atoms with Crippen molar-refractivity contribution < 1.29 is 0 Å². The first-order valence-corrected chi connectivity index (χ1v) is 7.45. The number of aryl methyl sites for hydroxylation is 1. The molecule has 0 saturated heterocycles. The van der Waals surface area contributed by atoms with Gasteiger partial charge in [0.05, 0.1) is 6.04 Å². The van der Waals surface area contributed by atoms with Crippen molar-refractivity contribution in [2.24, 2.45) is 5.84 Å². The first-order valence-electron chi connectivity index (χ1n) is 5.41. The van der Waals surface area contributed by atoms with E-state index in [1.54, 1.807) is 23.1 Å². The summed E-state index contributed by atoms with van der Waals surface area (Å²) in [6, 6.07) is 12.9. The van der Waals surface area contributed by atoms with Gasteiger partial charge in [0, 0.05) is 14.6 Å². The molecular weight excluding hydrogens is 248 g/mol. The Labute approximate surface area is 110 Å². The van der Waals surface area contributed by atoms with Crippen LogP contribution < -0.4 is 11.3 Å². The van der Waals surface area contributed by atoms with Crippen LogP contribution >= 0.6 is 23.1 Å². The predicted octanol–water partition coefficient (Wildman–Crippen LogP) is 3.33. The Morgan fingerprint density at radius 2 is 1.88 bits per heavy atom. The summed E-state index contributed by atoms with van der Waals surface area (Å²) in [5.74, 6) is 5.67. The molecule has 90 valence electrons. The van der Waals surface area contributed by atoms with E-state index in [0.29, 0.717) is 0 Å². The van der Waals surface area contributed by atoms with Crippen LogP contribution in [0.1, 0.15) is 21.4 Å². The van der Waals surface area contributed by atoms with E-state index in [4.69, 9.17) is 5.84 Å². The Bertz CT molecular complexity index is 476. The highest BCUT2D eigenvalue weighted by molar-refractivity contribution is 7.98. The summed E-state index contributed by atoms with van der Waals surface area (Å²) in [6.45, 7) is 2.11. The third kappa shape index (κ3) is 2.90. The monoisotopic (exact) mass is 264 g/mol. The van der Waals surface area contributed by atoms with Crippen molar-refractivity contribution in [1.29, 1.82) is 0 Å². The fourth-order valence-corrected chi connectivity index (χ4v) is 3.12. The number of thioether (sulfide) groups is 1. The number of benzene rings is 1. The van der Waals surface area contributed by atoms with Crippen molar-refractivity contribution in [3.8, 4) is 0 Å². The van der Waals surface area contributed by atoms with Crippen LogP contribution in [0.25, 0.3) is 0 Å². The Morgan fingerprint density at radius 1 is 1.18 bits per heavy atom. The zero-order chi connectivity index (χ0) is 12.3. The van der Waals surface area contributed by atoms with E-state index in [9.17, 15) is 0 Å². The molecule has 0 amide bonds. The second-order valence-electron chi connectivity index (χ2n) is 3.82. The number of rotatable bonds is 4. The lowest BCUT2D eigenvalue weighted by Gasteiger charge is -2.15. The Morgan fingerprint density at radius 3 is 2.35 bits per heavy atom. The van der Waals surface area contributed by atoms with Gasteiger partial charge in [-0.2, -0.15) is 0 Å². The van der Waals surface area contributed by atoms with Gasteiger partial charge in [0.25, 0.3) is 0 Å². The Balaban J connectivity index is 2.28. The van der Waals surface area contributed by atoms with Gasteiger partial charge in [0.15, 0.2) is 0 Å². The maximum absolute atomic E-state index is 5.67. The van der Waals surface area contributed by atoms with Crippen molar-refractivity contribution in [2.75, 3.05) is 6.26 Å². The van der Waals surface area contributed by atoms with Gasteiger partial charge in [-0.25, -0.2) is 5.43 Å². The molecule has 1 atom stereocenters. The van der Waals surface area contributed by atoms with E-state index in [-0.39, 0.29) is 6.04 Å². The lowest BCUT2D eigenvalue weighted by Crippen LogP contribution is -2.28. The van der Waals surface area contributed by atoms with E-state index in [0.717, 1.165) is 0 Å². The van der Waals surface area contributed by atoms with E-state index < -0.39 is 0 Å². The molecule has 0 aliphatic carbocycles. The first kappa shape index (κ1) is 12.6. The zero-order valence-electron chi connectivity index (χ0n) is 9.94. The molecule has 2 nitrogen and oxygen atoms in total. The molecular formula is C13H16N2S2. The van der Waals surface area contributed by atoms with Crippen molar-refractivity contribution in [3.05, 3.63) is 51.7 Å². The highest BCUT2D eigenvalue weighted by Gasteiger charge is 2.13. The van der Waals surface area contributed by atoms with Crippen LogP contribution in [0.3, 0.4) is 0 Å². The minimum atomic E-state index is 0.0876. The Hall–Kier alpha value is -0.810. The molecule has 1 aromatic carbocycles. The molecule has 2 aromatic rings. The summed E-state index contributed by atoms with van der Waals surface area (Å²) in [5.41, 5.74) is 4.09. The average Bonchev–Trinajstić information content (AvgIpc) is 2.78. The van der Waals surface area contributed by atoms with Crippen molar-refractivity contribution in [2.45, 2.75) is 17.9 Å². The number of hydrazine groups is 1. The topological polar surface area (TPSA) is 38.0 Å². The fraction of sp³-hybridized carbons (Fsp3) is 0.231. The van der Waals surface area contributed by atoms with Crippen LogP contribution in [0.15, 0.2) is 41.3 Å². The van der Waals surface area contributed by atoms with Crippen molar-refractivity contribution in [3.63, 3.8) is 0 Å². The second kappa shape index (κ2) is 5.69. The van der Waals surface area contributed by atoms with Gasteiger partial charge in [-0.1, -0.05) is 12.1 Å².